The lowest BCUT2D eigenvalue weighted by Gasteiger charge is -2.18. The van der Waals surface area contributed by atoms with Crippen molar-refractivity contribution in [3.8, 4) is 5.75 Å². The van der Waals surface area contributed by atoms with Gasteiger partial charge < -0.3 is 10.1 Å². The Morgan fingerprint density at radius 1 is 1.50 bits per heavy atom. The van der Waals surface area contributed by atoms with E-state index in [2.05, 4.69) is 10.6 Å². The molecular weight excluding hydrogens is 338 g/mol. The van der Waals surface area contributed by atoms with Crippen molar-refractivity contribution in [1.82, 2.24) is 10.6 Å². The van der Waals surface area contributed by atoms with E-state index in [-0.39, 0.29) is 25.1 Å². The van der Waals surface area contributed by atoms with E-state index in [0.29, 0.717) is 0 Å². The molecule has 2 rings (SSSR count). The number of alkyl halides is 2. The van der Waals surface area contributed by atoms with E-state index in [1.54, 1.807) is 0 Å². The highest BCUT2D eigenvalue weighted by molar-refractivity contribution is 5.85. The van der Waals surface area contributed by atoms with Gasteiger partial charge in [-0.05, 0) is 31.9 Å². The summed E-state index contributed by atoms with van der Waals surface area (Å²) in [6.45, 7) is 5.80. The number of aryl methyl sites for hydroxylation is 1. The van der Waals surface area contributed by atoms with Crippen LogP contribution in [0, 0.1) is 6.92 Å². The van der Waals surface area contributed by atoms with E-state index in [0.717, 1.165) is 23.3 Å². The summed E-state index contributed by atoms with van der Waals surface area (Å²) in [6, 6.07) is 4.92. The summed E-state index contributed by atoms with van der Waals surface area (Å²) in [7, 11) is 0. The quantitative estimate of drug-likeness (QED) is 0.817. The number of carbonyl (C=O) groups is 1. The van der Waals surface area contributed by atoms with E-state index in [9.17, 15) is 13.6 Å². The molecule has 1 aliphatic heterocycles. The Hall–Kier alpha value is -1.40. The normalized spacial score (nSPS) is 20.1. The lowest BCUT2D eigenvalue weighted by molar-refractivity contribution is -0.123. The fourth-order valence-electron chi connectivity index (χ4n) is 2.42. The minimum atomic E-state index is -2.81. The Morgan fingerprint density at radius 2 is 2.21 bits per heavy atom. The number of benzene rings is 1. The van der Waals surface area contributed by atoms with Gasteiger partial charge in [-0.25, -0.2) is 8.78 Å². The number of amides is 1. The first-order chi connectivity index (χ1) is 10.8. The second kappa shape index (κ2) is 8.62. The van der Waals surface area contributed by atoms with Crippen molar-refractivity contribution in [3.05, 3.63) is 29.3 Å². The average molecular weight is 363 g/mol. The summed E-state index contributed by atoms with van der Waals surface area (Å²) in [5.41, 5.74) is 1.91. The van der Waals surface area contributed by atoms with Crippen LogP contribution in [-0.2, 0) is 11.3 Å². The molecule has 2 N–H and O–H groups in total. The van der Waals surface area contributed by atoms with Crippen molar-refractivity contribution in [3.63, 3.8) is 0 Å². The third kappa shape index (κ3) is 5.60. The molecule has 0 radical (unpaired) electrons. The Labute approximate surface area is 147 Å². The molecule has 24 heavy (non-hydrogen) atoms. The molecule has 1 amide bonds. The fraction of sp³-hybridized carbons (Fsp3) is 0.588. The highest BCUT2D eigenvalue weighted by atomic mass is 35.5. The van der Waals surface area contributed by atoms with E-state index in [1.807, 2.05) is 39.0 Å². The number of nitrogens with one attached hydrogen (secondary N) is 2. The number of hydrogen-bond acceptors (Lipinski definition) is 3. The smallest absolute Gasteiger partial charge is 0.262 e. The zero-order chi connectivity index (χ0) is 17.0. The molecule has 1 aromatic carbocycles. The molecule has 2 atom stereocenters. The van der Waals surface area contributed by atoms with Gasteiger partial charge in [0.1, 0.15) is 5.75 Å². The van der Waals surface area contributed by atoms with Gasteiger partial charge in [-0.1, -0.05) is 19.1 Å². The molecule has 1 saturated heterocycles. The van der Waals surface area contributed by atoms with Crippen LogP contribution in [0.3, 0.4) is 0 Å². The maximum atomic E-state index is 13.1. The third-order valence-corrected chi connectivity index (χ3v) is 4.01. The van der Waals surface area contributed by atoms with Gasteiger partial charge in [-0.3, -0.25) is 10.1 Å². The van der Waals surface area contributed by atoms with Crippen molar-refractivity contribution in [2.75, 3.05) is 6.54 Å². The SMILES string of the molecule is CCC(C)Oc1cc(C)ccc1CNC(=O)C1CC(F)(F)CN1.Cl. The Balaban J connectivity index is 0.00000288. The third-order valence-electron chi connectivity index (χ3n) is 4.01. The summed E-state index contributed by atoms with van der Waals surface area (Å²) in [5, 5.41) is 5.27. The van der Waals surface area contributed by atoms with Gasteiger partial charge in [0.05, 0.1) is 18.7 Å². The van der Waals surface area contributed by atoms with Crippen LogP contribution < -0.4 is 15.4 Å². The van der Waals surface area contributed by atoms with E-state index in [4.69, 9.17) is 4.74 Å². The second-order valence-corrected chi connectivity index (χ2v) is 6.16. The molecule has 2 unspecified atom stereocenters. The molecule has 0 saturated carbocycles. The number of halogens is 3. The second-order valence-electron chi connectivity index (χ2n) is 6.16. The zero-order valence-electron chi connectivity index (χ0n) is 14.2. The first kappa shape index (κ1) is 20.6. The molecule has 1 aliphatic rings. The summed E-state index contributed by atoms with van der Waals surface area (Å²) >= 11 is 0. The highest BCUT2D eigenvalue weighted by Gasteiger charge is 2.42. The first-order valence-electron chi connectivity index (χ1n) is 7.96. The van der Waals surface area contributed by atoms with Gasteiger partial charge in [-0.15, -0.1) is 12.4 Å². The van der Waals surface area contributed by atoms with Crippen LogP contribution in [0.1, 0.15) is 37.8 Å². The molecule has 0 bridgehead atoms. The van der Waals surface area contributed by atoms with Gasteiger partial charge in [0.15, 0.2) is 0 Å². The molecule has 0 aromatic heterocycles. The molecule has 1 fully saturated rings. The van der Waals surface area contributed by atoms with Crippen LogP contribution in [0.5, 0.6) is 5.75 Å². The number of ether oxygens (including phenoxy) is 1. The minimum absolute atomic E-state index is 0. The molecule has 136 valence electrons. The van der Waals surface area contributed by atoms with Gasteiger partial charge in [0.2, 0.25) is 5.91 Å². The lowest BCUT2D eigenvalue weighted by Crippen LogP contribution is -2.40. The maximum Gasteiger partial charge on any atom is 0.262 e. The number of carbonyl (C=O) groups excluding carboxylic acids is 1. The summed E-state index contributed by atoms with van der Waals surface area (Å²) in [4.78, 5) is 12.0. The number of hydrogen-bond donors (Lipinski definition) is 2. The van der Waals surface area contributed by atoms with Crippen molar-refractivity contribution in [1.29, 1.82) is 0 Å². The molecular formula is C17H25ClF2N2O2. The topological polar surface area (TPSA) is 50.4 Å². The molecule has 1 aromatic rings. The van der Waals surface area contributed by atoms with Crippen LogP contribution in [0.2, 0.25) is 0 Å². The lowest BCUT2D eigenvalue weighted by atomic mass is 10.1. The zero-order valence-corrected chi connectivity index (χ0v) is 15.0. The van der Waals surface area contributed by atoms with Crippen molar-refractivity contribution in [2.45, 2.75) is 58.2 Å². The fourth-order valence-corrected chi connectivity index (χ4v) is 2.42. The van der Waals surface area contributed by atoms with Gasteiger partial charge in [0, 0.05) is 18.5 Å². The standard InChI is InChI=1S/C17H24F2N2O2.ClH/c1-4-12(3)23-15-7-11(2)5-6-13(15)9-20-16(22)14-8-17(18,19)10-21-14;/h5-7,12,14,21H,4,8-10H2,1-3H3,(H,20,22);1H. The summed E-state index contributed by atoms with van der Waals surface area (Å²) in [6.07, 6.45) is 0.491. The van der Waals surface area contributed by atoms with Crippen LogP contribution in [0.4, 0.5) is 8.78 Å². The summed E-state index contributed by atoms with van der Waals surface area (Å²) < 4.78 is 32.2. The van der Waals surface area contributed by atoms with Gasteiger partial charge >= 0.3 is 0 Å². The summed E-state index contributed by atoms with van der Waals surface area (Å²) in [5.74, 6) is -2.49. The first-order valence-corrected chi connectivity index (χ1v) is 7.96. The Morgan fingerprint density at radius 3 is 2.79 bits per heavy atom. The number of rotatable bonds is 6. The molecule has 7 heteroatoms. The van der Waals surface area contributed by atoms with Crippen LogP contribution in [0.25, 0.3) is 0 Å². The predicted molar refractivity (Wildman–Crippen MR) is 92.0 cm³/mol. The van der Waals surface area contributed by atoms with Crippen molar-refractivity contribution >= 4 is 18.3 Å². The Kier molecular flexibility index (Phi) is 7.42. The molecule has 1 heterocycles. The largest absolute Gasteiger partial charge is 0.490 e. The van der Waals surface area contributed by atoms with Crippen LogP contribution >= 0.6 is 12.4 Å². The monoisotopic (exact) mass is 362 g/mol. The van der Waals surface area contributed by atoms with Crippen molar-refractivity contribution in [2.24, 2.45) is 0 Å². The van der Waals surface area contributed by atoms with Crippen LogP contribution in [0.15, 0.2) is 18.2 Å². The van der Waals surface area contributed by atoms with Gasteiger partial charge in [-0.2, -0.15) is 0 Å². The van der Waals surface area contributed by atoms with Crippen molar-refractivity contribution < 1.29 is 18.3 Å². The molecule has 0 aliphatic carbocycles. The van der Waals surface area contributed by atoms with E-state index >= 15 is 0 Å². The average Bonchev–Trinajstić information content (AvgIpc) is 2.86. The molecule has 0 spiro atoms. The predicted octanol–water partition coefficient (Wildman–Crippen LogP) is 3.21. The minimum Gasteiger partial charge on any atom is -0.490 e. The van der Waals surface area contributed by atoms with E-state index in [1.165, 1.54) is 0 Å². The maximum absolute atomic E-state index is 13.1. The van der Waals surface area contributed by atoms with E-state index < -0.39 is 30.8 Å². The molecule has 4 nitrogen and oxygen atoms in total. The van der Waals surface area contributed by atoms with Gasteiger partial charge in [0.25, 0.3) is 5.92 Å². The highest BCUT2D eigenvalue weighted by Crippen LogP contribution is 2.26. The van der Waals surface area contributed by atoms with Crippen LogP contribution in [-0.4, -0.2) is 30.5 Å². The Bertz CT molecular complexity index is 570.